The summed E-state index contributed by atoms with van der Waals surface area (Å²) in [5.74, 6) is -2.15. The molecule has 9 heteroatoms. The molecule has 0 aromatic heterocycles. The molecule has 1 atom stereocenters. The van der Waals surface area contributed by atoms with E-state index in [9.17, 15) is 18.4 Å². The molecule has 1 unspecified atom stereocenters. The molecule has 0 bridgehead atoms. The molecule has 0 aliphatic carbocycles. The van der Waals surface area contributed by atoms with Crippen LogP contribution in [-0.2, 0) is 16.0 Å². The monoisotopic (exact) mass is 484 g/mol. The Hall–Kier alpha value is -2.68. The van der Waals surface area contributed by atoms with E-state index < -0.39 is 29.5 Å². The molecule has 0 radical (unpaired) electrons. The molecule has 30 heavy (non-hydrogen) atoms. The van der Waals surface area contributed by atoms with Gasteiger partial charge in [-0.3, -0.25) is 9.59 Å². The highest BCUT2D eigenvalue weighted by Crippen LogP contribution is 2.34. The summed E-state index contributed by atoms with van der Waals surface area (Å²) in [5.41, 5.74) is 0.739. The predicted molar refractivity (Wildman–Crippen MR) is 111 cm³/mol. The molecule has 0 saturated carbocycles. The number of hydrogen-bond donors (Lipinski definition) is 2. The second-order valence-electron chi connectivity index (χ2n) is 6.22. The van der Waals surface area contributed by atoms with Crippen molar-refractivity contribution in [3.05, 3.63) is 57.6 Å². The highest BCUT2D eigenvalue weighted by atomic mass is 79.9. The summed E-state index contributed by atoms with van der Waals surface area (Å²) in [7, 11) is 1.39. The van der Waals surface area contributed by atoms with Crippen molar-refractivity contribution >= 4 is 27.7 Å². The fraction of sp³-hybridized carbons (Fsp3) is 0.333. The van der Waals surface area contributed by atoms with Gasteiger partial charge in [0.15, 0.2) is 23.1 Å². The van der Waals surface area contributed by atoms with E-state index in [0.717, 1.165) is 12.1 Å². The first-order valence-corrected chi connectivity index (χ1v) is 10.1. The van der Waals surface area contributed by atoms with Gasteiger partial charge in [0, 0.05) is 11.5 Å². The van der Waals surface area contributed by atoms with Crippen LogP contribution in [0.1, 0.15) is 31.0 Å². The minimum atomic E-state index is -1.18. The summed E-state index contributed by atoms with van der Waals surface area (Å²) >= 11 is 3.42. The number of nitrogens with one attached hydrogen (secondary N) is 2. The third-order valence-corrected chi connectivity index (χ3v) is 4.89. The minimum Gasteiger partial charge on any atom is -0.490 e. The lowest BCUT2D eigenvalue weighted by Gasteiger charge is -2.19. The van der Waals surface area contributed by atoms with Gasteiger partial charge >= 0.3 is 0 Å². The smallest absolute Gasteiger partial charge is 0.246 e. The SMILES string of the molecule is CCOc1cc(Br)c(CC(=O)NC(C(=O)NC)c2ccc(F)c(F)c2)cc1OCC. The Morgan fingerprint density at radius 1 is 1.03 bits per heavy atom. The lowest BCUT2D eigenvalue weighted by Crippen LogP contribution is -2.39. The zero-order chi connectivity index (χ0) is 22.3. The van der Waals surface area contributed by atoms with Crippen LogP contribution in [0.4, 0.5) is 8.78 Å². The summed E-state index contributed by atoms with van der Waals surface area (Å²) in [6.07, 6.45) is -0.0791. The lowest BCUT2D eigenvalue weighted by atomic mass is 10.0. The summed E-state index contributed by atoms with van der Waals surface area (Å²) in [4.78, 5) is 24.9. The Morgan fingerprint density at radius 2 is 1.67 bits per heavy atom. The molecule has 0 heterocycles. The van der Waals surface area contributed by atoms with Crippen molar-refractivity contribution in [2.75, 3.05) is 20.3 Å². The molecule has 2 aromatic carbocycles. The fourth-order valence-electron chi connectivity index (χ4n) is 2.77. The van der Waals surface area contributed by atoms with Gasteiger partial charge in [-0.1, -0.05) is 22.0 Å². The second kappa shape index (κ2) is 10.9. The van der Waals surface area contributed by atoms with Gasteiger partial charge in [0.25, 0.3) is 0 Å². The van der Waals surface area contributed by atoms with Crippen molar-refractivity contribution in [3.63, 3.8) is 0 Å². The predicted octanol–water partition coefficient (Wildman–Crippen LogP) is 3.67. The maximum Gasteiger partial charge on any atom is 0.246 e. The van der Waals surface area contributed by atoms with Crippen LogP contribution in [0.25, 0.3) is 0 Å². The van der Waals surface area contributed by atoms with Gasteiger partial charge in [-0.25, -0.2) is 8.78 Å². The normalized spacial score (nSPS) is 11.5. The van der Waals surface area contributed by atoms with E-state index >= 15 is 0 Å². The van der Waals surface area contributed by atoms with Gasteiger partial charge in [-0.2, -0.15) is 0 Å². The van der Waals surface area contributed by atoms with Gasteiger partial charge in [0.05, 0.1) is 19.6 Å². The molecule has 0 spiro atoms. The van der Waals surface area contributed by atoms with E-state index in [1.54, 1.807) is 12.1 Å². The van der Waals surface area contributed by atoms with E-state index in [-0.39, 0.29) is 12.0 Å². The number of halogens is 3. The first-order valence-electron chi connectivity index (χ1n) is 9.34. The van der Waals surface area contributed by atoms with Crippen LogP contribution in [0, 0.1) is 11.6 Å². The first kappa shape index (κ1) is 23.6. The quantitative estimate of drug-likeness (QED) is 0.569. The zero-order valence-electron chi connectivity index (χ0n) is 16.9. The second-order valence-corrected chi connectivity index (χ2v) is 7.08. The average Bonchev–Trinajstić information content (AvgIpc) is 2.71. The molecule has 2 rings (SSSR count). The van der Waals surface area contributed by atoms with Crippen LogP contribution in [0.2, 0.25) is 0 Å². The van der Waals surface area contributed by atoms with E-state index in [1.165, 1.54) is 13.1 Å². The van der Waals surface area contributed by atoms with Crippen molar-refractivity contribution in [2.24, 2.45) is 0 Å². The Labute approximate surface area is 182 Å². The number of ether oxygens (including phenoxy) is 2. The van der Waals surface area contributed by atoms with E-state index in [2.05, 4.69) is 26.6 Å². The third-order valence-electron chi connectivity index (χ3n) is 4.15. The topological polar surface area (TPSA) is 76.7 Å². The summed E-state index contributed by atoms with van der Waals surface area (Å²) in [6, 6.07) is 5.26. The minimum absolute atomic E-state index is 0.0791. The summed E-state index contributed by atoms with van der Waals surface area (Å²) in [5, 5.41) is 4.97. The number of likely N-dealkylation sites (N-methyl/N-ethyl adjacent to an activating group) is 1. The van der Waals surface area contributed by atoms with Crippen molar-refractivity contribution in [1.29, 1.82) is 0 Å². The first-order chi connectivity index (χ1) is 14.3. The third kappa shape index (κ3) is 5.91. The molecule has 2 N–H and O–H groups in total. The summed E-state index contributed by atoms with van der Waals surface area (Å²) < 4.78 is 38.6. The molecular formula is C21H23BrF2N2O4. The van der Waals surface area contributed by atoms with Crippen LogP contribution >= 0.6 is 15.9 Å². The lowest BCUT2D eigenvalue weighted by molar-refractivity contribution is -0.128. The van der Waals surface area contributed by atoms with Crippen molar-refractivity contribution in [3.8, 4) is 11.5 Å². The van der Waals surface area contributed by atoms with Gasteiger partial charge in [-0.15, -0.1) is 0 Å². The average molecular weight is 485 g/mol. The molecule has 0 aliphatic heterocycles. The number of amides is 2. The maximum atomic E-state index is 13.6. The number of benzene rings is 2. The van der Waals surface area contributed by atoms with Crippen LogP contribution < -0.4 is 20.1 Å². The van der Waals surface area contributed by atoms with E-state index in [0.29, 0.717) is 34.7 Å². The standard InChI is InChI=1S/C21H23BrF2N2O4/c1-4-29-17-9-13(14(22)11-18(17)30-5-2)10-19(27)26-20(21(28)25-3)12-6-7-15(23)16(24)8-12/h6-9,11,20H,4-5,10H2,1-3H3,(H,25,28)(H,26,27). The Balaban J connectivity index is 2.25. The van der Waals surface area contributed by atoms with Crippen molar-refractivity contribution in [2.45, 2.75) is 26.3 Å². The zero-order valence-corrected chi connectivity index (χ0v) is 18.4. The highest BCUT2D eigenvalue weighted by molar-refractivity contribution is 9.10. The Bertz CT molecular complexity index is 924. The van der Waals surface area contributed by atoms with Crippen LogP contribution in [-0.4, -0.2) is 32.1 Å². The molecule has 0 aliphatic rings. The Kier molecular flexibility index (Phi) is 8.58. The maximum absolute atomic E-state index is 13.6. The Morgan fingerprint density at radius 3 is 2.23 bits per heavy atom. The molecule has 6 nitrogen and oxygen atoms in total. The highest BCUT2D eigenvalue weighted by Gasteiger charge is 2.24. The van der Waals surface area contributed by atoms with E-state index in [1.807, 2.05) is 13.8 Å². The van der Waals surface area contributed by atoms with Crippen molar-refractivity contribution < 1.29 is 27.8 Å². The van der Waals surface area contributed by atoms with Gasteiger partial charge in [0.1, 0.15) is 6.04 Å². The molecule has 162 valence electrons. The number of carbonyl (C=O) groups is 2. The van der Waals surface area contributed by atoms with E-state index in [4.69, 9.17) is 9.47 Å². The van der Waals surface area contributed by atoms with Gasteiger partial charge in [0.2, 0.25) is 11.8 Å². The summed E-state index contributed by atoms with van der Waals surface area (Å²) in [6.45, 7) is 4.55. The number of carbonyl (C=O) groups excluding carboxylic acids is 2. The number of rotatable bonds is 9. The van der Waals surface area contributed by atoms with Gasteiger partial charge < -0.3 is 20.1 Å². The van der Waals surface area contributed by atoms with Crippen molar-refractivity contribution in [1.82, 2.24) is 10.6 Å². The molecular weight excluding hydrogens is 462 g/mol. The molecule has 0 saturated heterocycles. The molecule has 0 fully saturated rings. The molecule has 2 aromatic rings. The van der Waals surface area contributed by atoms with Crippen LogP contribution in [0.15, 0.2) is 34.8 Å². The van der Waals surface area contributed by atoms with Crippen LogP contribution in [0.5, 0.6) is 11.5 Å². The largest absolute Gasteiger partial charge is 0.490 e. The fourth-order valence-corrected chi connectivity index (χ4v) is 3.23. The van der Waals surface area contributed by atoms with Gasteiger partial charge in [-0.05, 0) is 49.2 Å². The number of hydrogen-bond acceptors (Lipinski definition) is 4. The van der Waals surface area contributed by atoms with Crippen LogP contribution in [0.3, 0.4) is 0 Å². The molecule has 2 amide bonds.